The maximum absolute atomic E-state index is 11.8. The van der Waals surface area contributed by atoms with Crippen LogP contribution >= 0.6 is 0 Å². The van der Waals surface area contributed by atoms with Gasteiger partial charge >= 0.3 is 5.97 Å². The van der Waals surface area contributed by atoms with Crippen molar-refractivity contribution in [2.75, 3.05) is 0 Å². The van der Waals surface area contributed by atoms with E-state index in [0.29, 0.717) is 23.2 Å². The highest BCUT2D eigenvalue weighted by Crippen LogP contribution is 2.68. The summed E-state index contributed by atoms with van der Waals surface area (Å²) >= 11 is 0. The van der Waals surface area contributed by atoms with Crippen LogP contribution in [0.4, 0.5) is 0 Å². The zero-order valence-electron chi connectivity index (χ0n) is 16.6. The minimum absolute atomic E-state index is 0.0913. The lowest BCUT2D eigenvalue weighted by molar-refractivity contribution is -0.175. The Morgan fingerprint density at radius 3 is 2.50 bits per heavy atom. The van der Waals surface area contributed by atoms with Crippen LogP contribution in [0.3, 0.4) is 0 Å². The Morgan fingerprint density at radius 1 is 1.08 bits per heavy atom. The highest BCUT2D eigenvalue weighted by molar-refractivity contribution is 5.67. The Kier molecular flexibility index (Phi) is 4.23. The van der Waals surface area contributed by atoms with E-state index < -0.39 is 5.60 Å². The molecule has 1 N–H and O–H groups in total. The topological polar surface area (TPSA) is 46.5 Å². The standard InChI is InChI=1S/C23H34O3/c1-5-23(26-15(2)24)13-10-20-18-7-6-16-14-17(25)8-11-21(16,3)19(18)9-12-22(20,23)4/h1,16-20,25H,6-14H2,2-4H3/t16-,17+,18?,19?,20?,21-,22-,23-/m0/s1. The van der Waals surface area contributed by atoms with Gasteiger partial charge in [0, 0.05) is 12.3 Å². The summed E-state index contributed by atoms with van der Waals surface area (Å²) in [7, 11) is 0. The first kappa shape index (κ1) is 18.4. The van der Waals surface area contributed by atoms with Gasteiger partial charge in [0.2, 0.25) is 0 Å². The van der Waals surface area contributed by atoms with Gasteiger partial charge in [-0.2, -0.15) is 0 Å². The maximum Gasteiger partial charge on any atom is 0.304 e. The van der Waals surface area contributed by atoms with Crippen molar-refractivity contribution in [3.8, 4) is 12.3 Å². The minimum Gasteiger partial charge on any atom is -0.445 e. The number of hydrogen-bond acceptors (Lipinski definition) is 3. The third kappa shape index (κ3) is 2.34. The quantitative estimate of drug-likeness (QED) is 0.561. The van der Waals surface area contributed by atoms with Crippen LogP contribution in [0.1, 0.15) is 78.6 Å². The summed E-state index contributed by atoms with van der Waals surface area (Å²) in [5.74, 6) is 5.35. The molecule has 4 rings (SSSR count). The van der Waals surface area contributed by atoms with Crippen LogP contribution in [0.25, 0.3) is 0 Å². The summed E-state index contributed by atoms with van der Waals surface area (Å²) in [6.45, 7) is 6.28. The second-order valence-corrected chi connectivity index (χ2v) is 10.1. The Balaban J connectivity index is 1.64. The predicted molar refractivity (Wildman–Crippen MR) is 101 cm³/mol. The number of aliphatic hydroxyl groups is 1. The molecule has 4 aliphatic carbocycles. The summed E-state index contributed by atoms with van der Waals surface area (Å²) < 4.78 is 5.84. The molecule has 0 aromatic carbocycles. The van der Waals surface area contributed by atoms with Crippen molar-refractivity contribution in [2.24, 2.45) is 34.5 Å². The number of carbonyl (C=O) groups is 1. The molecule has 0 saturated heterocycles. The predicted octanol–water partition coefficient (Wildman–Crippen LogP) is 4.33. The van der Waals surface area contributed by atoms with Crippen LogP contribution in [0.5, 0.6) is 0 Å². The van der Waals surface area contributed by atoms with E-state index in [1.54, 1.807) is 0 Å². The summed E-state index contributed by atoms with van der Waals surface area (Å²) in [5.41, 5.74) is -0.437. The van der Waals surface area contributed by atoms with Gasteiger partial charge in [-0.15, -0.1) is 6.42 Å². The first-order valence-electron chi connectivity index (χ1n) is 10.6. The lowest BCUT2D eigenvalue weighted by atomic mass is 9.44. The Hall–Kier alpha value is -1.01. The molecule has 26 heavy (non-hydrogen) atoms. The molecule has 4 fully saturated rings. The number of aliphatic hydroxyl groups excluding tert-OH is 1. The summed E-state index contributed by atoms with van der Waals surface area (Å²) in [6, 6.07) is 0. The second-order valence-electron chi connectivity index (χ2n) is 10.1. The van der Waals surface area contributed by atoms with Gasteiger partial charge in [-0.25, -0.2) is 0 Å². The Morgan fingerprint density at radius 2 is 1.81 bits per heavy atom. The summed E-state index contributed by atoms with van der Waals surface area (Å²) in [4.78, 5) is 11.8. The molecule has 3 nitrogen and oxygen atoms in total. The highest BCUT2D eigenvalue weighted by Gasteiger charge is 2.66. The zero-order valence-corrected chi connectivity index (χ0v) is 16.6. The Bertz CT molecular complexity index is 636. The van der Waals surface area contributed by atoms with Gasteiger partial charge in [-0.3, -0.25) is 4.79 Å². The molecule has 0 radical (unpaired) electrons. The van der Waals surface area contributed by atoms with Crippen molar-refractivity contribution in [2.45, 2.75) is 90.3 Å². The van der Waals surface area contributed by atoms with Crippen molar-refractivity contribution < 1.29 is 14.6 Å². The van der Waals surface area contributed by atoms with Gasteiger partial charge in [-0.1, -0.05) is 19.8 Å². The van der Waals surface area contributed by atoms with Crippen LogP contribution in [-0.2, 0) is 9.53 Å². The van der Waals surface area contributed by atoms with Crippen molar-refractivity contribution in [1.82, 2.24) is 0 Å². The van der Waals surface area contributed by atoms with Gasteiger partial charge in [0.25, 0.3) is 0 Å². The highest BCUT2D eigenvalue weighted by atomic mass is 16.6. The average molecular weight is 359 g/mol. The molecule has 0 aromatic heterocycles. The number of ether oxygens (including phenoxy) is 1. The molecule has 144 valence electrons. The molecule has 8 atom stereocenters. The largest absolute Gasteiger partial charge is 0.445 e. The number of fused-ring (bicyclic) bond motifs is 5. The molecule has 0 bridgehead atoms. The third-order valence-electron chi connectivity index (χ3n) is 9.31. The first-order chi connectivity index (χ1) is 12.3. The minimum atomic E-state index is -0.713. The van der Waals surface area contributed by atoms with Gasteiger partial charge in [0.05, 0.1) is 6.10 Å². The molecule has 0 spiro atoms. The lowest BCUT2D eigenvalue weighted by Crippen LogP contribution is -2.57. The summed E-state index contributed by atoms with van der Waals surface area (Å²) in [5, 5.41) is 10.2. The number of hydrogen-bond donors (Lipinski definition) is 1. The van der Waals surface area contributed by atoms with E-state index in [0.717, 1.165) is 44.4 Å². The van der Waals surface area contributed by atoms with Crippen LogP contribution in [0, 0.1) is 46.8 Å². The second kappa shape index (κ2) is 5.99. The van der Waals surface area contributed by atoms with Crippen molar-refractivity contribution >= 4 is 5.97 Å². The number of carbonyl (C=O) groups excluding carboxylic acids is 1. The molecular formula is C23H34O3. The van der Waals surface area contributed by atoms with E-state index in [2.05, 4.69) is 19.8 Å². The molecular weight excluding hydrogens is 324 g/mol. The monoisotopic (exact) mass is 358 g/mol. The first-order valence-corrected chi connectivity index (χ1v) is 10.6. The fraction of sp³-hybridized carbons (Fsp3) is 0.870. The zero-order chi connectivity index (χ0) is 18.7. The van der Waals surface area contributed by atoms with E-state index >= 15 is 0 Å². The number of rotatable bonds is 1. The molecule has 0 heterocycles. The third-order valence-corrected chi connectivity index (χ3v) is 9.31. The fourth-order valence-corrected chi connectivity index (χ4v) is 7.91. The van der Waals surface area contributed by atoms with E-state index in [1.807, 2.05) is 0 Å². The fourth-order valence-electron chi connectivity index (χ4n) is 7.91. The molecule has 3 heteroatoms. The Labute approximate surface area is 158 Å². The molecule has 4 saturated carbocycles. The van der Waals surface area contributed by atoms with E-state index in [9.17, 15) is 9.90 Å². The summed E-state index contributed by atoms with van der Waals surface area (Å²) in [6.07, 6.45) is 15.6. The van der Waals surface area contributed by atoms with Crippen molar-refractivity contribution in [3.05, 3.63) is 0 Å². The van der Waals surface area contributed by atoms with Gasteiger partial charge in [0.15, 0.2) is 5.60 Å². The number of terminal acetylenes is 1. The van der Waals surface area contributed by atoms with E-state index in [4.69, 9.17) is 11.2 Å². The van der Waals surface area contributed by atoms with Crippen molar-refractivity contribution in [1.29, 1.82) is 0 Å². The molecule has 0 aromatic rings. The van der Waals surface area contributed by atoms with Gasteiger partial charge in [-0.05, 0) is 86.9 Å². The lowest BCUT2D eigenvalue weighted by Gasteiger charge is -2.61. The smallest absolute Gasteiger partial charge is 0.304 e. The van der Waals surface area contributed by atoms with Crippen LogP contribution in [0.15, 0.2) is 0 Å². The van der Waals surface area contributed by atoms with Gasteiger partial charge in [0.1, 0.15) is 0 Å². The van der Waals surface area contributed by atoms with Gasteiger partial charge < -0.3 is 9.84 Å². The number of esters is 1. The maximum atomic E-state index is 11.8. The van der Waals surface area contributed by atoms with E-state index in [1.165, 1.54) is 26.2 Å². The molecule has 4 aliphatic rings. The van der Waals surface area contributed by atoms with Crippen molar-refractivity contribution in [3.63, 3.8) is 0 Å². The molecule has 0 aliphatic heterocycles. The van der Waals surface area contributed by atoms with Crippen LogP contribution in [0.2, 0.25) is 0 Å². The normalized spacial score (nSPS) is 53.0. The molecule has 0 amide bonds. The van der Waals surface area contributed by atoms with Crippen LogP contribution in [-0.4, -0.2) is 22.8 Å². The molecule has 3 unspecified atom stereocenters. The van der Waals surface area contributed by atoms with Crippen LogP contribution < -0.4 is 0 Å². The SMILES string of the molecule is C#C[C@]1(OC(C)=O)CCC2C3CC[C@H]4C[C@H](O)CC[C@]4(C)C3CC[C@@]21C. The average Bonchev–Trinajstić information content (AvgIpc) is 2.88. The van der Waals surface area contributed by atoms with E-state index in [-0.39, 0.29) is 17.5 Å².